The molecule has 1 fully saturated rings. The number of amides is 1. The highest BCUT2D eigenvalue weighted by Crippen LogP contribution is 2.29. The van der Waals surface area contributed by atoms with E-state index in [1.54, 1.807) is 42.5 Å². The predicted molar refractivity (Wildman–Crippen MR) is 140 cm³/mol. The summed E-state index contributed by atoms with van der Waals surface area (Å²) in [6.07, 6.45) is 3.54. The molecule has 1 aliphatic carbocycles. The molecular formula is C28H33N5O3. The zero-order chi connectivity index (χ0) is 25.5. The van der Waals surface area contributed by atoms with Gasteiger partial charge in [-0.05, 0) is 73.2 Å². The number of rotatable bonds is 9. The molecule has 0 radical (unpaired) electrons. The number of nitrogens with one attached hydrogen (secondary N) is 2. The first-order valence-electron chi connectivity index (χ1n) is 12.1. The summed E-state index contributed by atoms with van der Waals surface area (Å²) in [6, 6.07) is 20.3. The summed E-state index contributed by atoms with van der Waals surface area (Å²) in [6.45, 7) is 0.780. The summed E-state index contributed by atoms with van der Waals surface area (Å²) in [5.41, 5.74) is 20.4. The van der Waals surface area contributed by atoms with E-state index in [4.69, 9.17) is 32.1 Å². The van der Waals surface area contributed by atoms with Crippen LogP contribution in [0.25, 0.3) is 0 Å². The number of nitrogens with two attached hydrogens (primary N) is 3. The van der Waals surface area contributed by atoms with Crippen molar-refractivity contribution in [1.29, 1.82) is 5.41 Å². The fraction of sp³-hybridized carbons (Fsp3) is 0.286. The Kier molecular flexibility index (Phi) is 8.20. The van der Waals surface area contributed by atoms with Crippen molar-refractivity contribution in [3.63, 3.8) is 0 Å². The fourth-order valence-corrected chi connectivity index (χ4v) is 4.23. The van der Waals surface area contributed by atoms with Gasteiger partial charge in [-0.2, -0.15) is 0 Å². The summed E-state index contributed by atoms with van der Waals surface area (Å²) >= 11 is 0. The molecule has 1 saturated carbocycles. The summed E-state index contributed by atoms with van der Waals surface area (Å²) in [7, 11) is 0. The van der Waals surface area contributed by atoms with E-state index in [-0.39, 0.29) is 23.8 Å². The van der Waals surface area contributed by atoms with E-state index in [2.05, 4.69) is 5.32 Å². The molecule has 1 aliphatic rings. The van der Waals surface area contributed by atoms with E-state index in [9.17, 15) is 4.79 Å². The lowest BCUT2D eigenvalue weighted by Gasteiger charge is -2.26. The number of carbonyl (C=O) groups excluding carboxylic acids is 1. The molecule has 0 aliphatic heterocycles. The van der Waals surface area contributed by atoms with Gasteiger partial charge in [0.1, 0.15) is 29.7 Å². The monoisotopic (exact) mass is 487 g/mol. The van der Waals surface area contributed by atoms with E-state index in [0.717, 1.165) is 36.8 Å². The predicted octanol–water partition coefficient (Wildman–Crippen LogP) is 3.80. The normalized spacial score (nSPS) is 17.3. The van der Waals surface area contributed by atoms with E-state index in [0.29, 0.717) is 41.5 Å². The van der Waals surface area contributed by atoms with Gasteiger partial charge >= 0.3 is 0 Å². The largest absolute Gasteiger partial charge is 0.489 e. The molecule has 0 heterocycles. The van der Waals surface area contributed by atoms with Gasteiger partial charge in [-0.1, -0.05) is 24.3 Å². The minimum atomic E-state index is -0.178. The molecule has 0 spiro atoms. The van der Waals surface area contributed by atoms with Gasteiger partial charge in [0.15, 0.2) is 0 Å². The second-order valence-electron chi connectivity index (χ2n) is 9.13. The minimum absolute atomic E-state index is 0.0155. The van der Waals surface area contributed by atoms with Crippen molar-refractivity contribution in [2.75, 3.05) is 0 Å². The van der Waals surface area contributed by atoms with Gasteiger partial charge in [0.25, 0.3) is 5.91 Å². The number of amidine groups is 1. The average molecular weight is 488 g/mol. The first-order valence-corrected chi connectivity index (χ1v) is 12.1. The highest BCUT2D eigenvalue weighted by molar-refractivity contribution is 5.95. The Morgan fingerprint density at radius 1 is 0.889 bits per heavy atom. The zero-order valence-electron chi connectivity index (χ0n) is 20.2. The number of ether oxygens (including phenoxy) is 2. The number of carbonyl (C=O) groups is 1. The van der Waals surface area contributed by atoms with Crippen LogP contribution in [0.4, 0.5) is 0 Å². The van der Waals surface area contributed by atoms with E-state index < -0.39 is 0 Å². The van der Waals surface area contributed by atoms with Gasteiger partial charge in [-0.3, -0.25) is 10.2 Å². The van der Waals surface area contributed by atoms with Crippen LogP contribution in [-0.2, 0) is 13.2 Å². The molecule has 0 bridgehead atoms. The van der Waals surface area contributed by atoms with Gasteiger partial charge < -0.3 is 32.0 Å². The Hall–Kier alpha value is -3.88. The van der Waals surface area contributed by atoms with Crippen molar-refractivity contribution in [1.82, 2.24) is 5.32 Å². The third-order valence-electron chi connectivity index (χ3n) is 6.28. The molecule has 188 valence electrons. The SMILES string of the molecule is N=C(N)c1ccc(Oc2cc(OCc3cccc(CN)c3)cc(C(=O)NC3CCC(N)CC3)c2)cc1. The Labute approximate surface area is 211 Å². The molecule has 8 heteroatoms. The van der Waals surface area contributed by atoms with Gasteiger partial charge in [0.2, 0.25) is 0 Å². The van der Waals surface area contributed by atoms with Crippen LogP contribution in [-0.4, -0.2) is 23.8 Å². The molecule has 36 heavy (non-hydrogen) atoms. The maximum absolute atomic E-state index is 13.1. The highest BCUT2D eigenvalue weighted by atomic mass is 16.5. The molecule has 8 N–H and O–H groups in total. The maximum Gasteiger partial charge on any atom is 0.251 e. The van der Waals surface area contributed by atoms with Gasteiger partial charge in [0, 0.05) is 35.8 Å². The Morgan fingerprint density at radius 2 is 1.58 bits per heavy atom. The van der Waals surface area contributed by atoms with Crippen LogP contribution in [0, 0.1) is 5.41 Å². The zero-order valence-corrected chi connectivity index (χ0v) is 20.2. The number of nitrogen functional groups attached to an aromatic ring is 1. The van der Waals surface area contributed by atoms with Crippen molar-refractivity contribution >= 4 is 11.7 Å². The molecule has 0 unspecified atom stereocenters. The quantitative estimate of drug-likeness (QED) is 0.229. The molecular weight excluding hydrogens is 454 g/mol. The summed E-state index contributed by atoms with van der Waals surface area (Å²) in [5, 5.41) is 10.7. The Morgan fingerprint density at radius 3 is 2.28 bits per heavy atom. The summed E-state index contributed by atoms with van der Waals surface area (Å²) < 4.78 is 12.1. The number of benzene rings is 3. The molecule has 8 nitrogen and oxygen atoms in total. The van der Waals surface area contributed by atoms with Crippen LogP contribution < -0.4 is 32.0 Å². The van der Waals surface area contributed by atoms with Crippen LogP contribution in [0.15, 0.2) is 66.7 Å². The standard InChI is InChI=1S/C28H33N5O3/c29-16-18-2-1-3-19(12-18)17-35-25-13-21(28(34)33-23-8-6-22(30)7-9-23)14-26(15-25)36-24-10-4-20(5-11-24)27(31)32/h1-5,10-15,22-23H,6-9,16-17,29-30H2,(H3,31,32)(H,33,34). The number of hydrogen-bond donors (Lipinski definition) is 5. The topological polar surface area (TPSA) is 149 Å². The second-order valence-corrected chi connectivity index (χ2v) is 9.13. The Bertz CT molecular complexity index is 1200. The van der Waals surface area contributed by atoms with E-state index in [1.165, 1.54) is 0 Å². The van der Waals surface area contributed by atoms with E-state index in [1.807, 2.05) is 24.3 Å². The third-order valence-corrected chi connectivity index (χ3v) is 6.28. The second kappa shape index (κ2) is 11.7. The molecule has 0 saturated heterocycles. The Balaban J connectivity index is 1.54. The van der Waals surface area contributed by atoms with Crippen molar-refractivity contribution in [3.8, 4) is 17.2 Å². The van der Waals surface area contributed by atoms with Crippen molar-refractivity contribution < 1.29 is 14.3 Å². The van der Waals surface area contributed by atoms with E-state index >= 15 is 0 Å². The molecule has 0 aromatic heterocycles. The fourth-order valence-electron chi connectivity index (χ4n) is 4.23. The van der Waals surface area contributed by atoms with Crippen molar-refractivity contribution in [2.24, 2.45) is 17.2 Å². The molecule has 3 aromatic carbocycles. The van der Waals surface area contributed by atoms with Crippen LogP contribution >= 0.6 is 0 Å². The van der Waals surface area contributed by atoms with Crippen LogP contribution in [0.1, 0.15) is 52.7 Å². The lowest BCUT2D eigenvalue weighted by Crippen LogP contribution is -2.40. The molecule has 0 atom stereocenters. The summed E-state index contributed by atoms with van der Waals surface area (Å²) in [5.74, 6) is 1.35. The summed E-state index contributed by atoms with van der Waals surface area (Å²) in [4.78, 5) is 13.1. The smallest absolute Gasteiger partial charge is 0.251 e. The lowest BCUT2D eigenvalue weighted by molar-refractivity contribution is 0.0925. The van der Waals surface area contributed by atoms with Gasteiger partial charge in [0.05, 0.1) is 0 Å². The van der Waals surface area contributed by atoms with Crippen LogP contribution in [0.5, 0.6) is 17.2 Å². The van der Waals surface area contributed by atoms with Crippen LogP contribution in [0.3, 0.4) is 0 Å². The van der Waals surface area contributed by atoms with Crippen LogP contribution in [0.2, 0.25) is 0 Å². The maximum atomic E-state index is 13.1. The van der Waals surface area contributed by atoms with Gasteiger partial charge in [-0.25, -0.2) is 0 Å². The first-order chi connectivity index (χ1) is 17.4. The third kappa shape index (κ3) is 6.84. The van der Waals surface area contributed by atoms with Crippen molar-refractivity contribution in [2.45, 2.75) is 50.9 Å². The lowest BCUT2D eigenvalue weighted by atomic mass is 9.91. The highest BCUT2D eigenvalue weighted by Gasteiger charge is 2.21. The molecule has 4 rings (SSSR count). The molecule has 3 aromatic rings. The average Bonchev–Trinajstić information content (AvgIpc) is 2.89. The van der Waals surface area contributed by atoms with Crippen molar-refractivity contribution in [3.05, 3.63) is 89.0 Å². The minimum Gasteiger partial charge on any atom is -0.489 e. The molecule has 1 amide bonds. The number of hydrogen-bond acceptors (Lipinski definition) is 6. The first kappa shape index (κ1) is 25.2. The van der Waals surface area contributed by atoms with Gasteiger partial charge in [-0.15, -0.1) is 0 Å².